The molecule has 0 heterocycles. The van der Waals surface area contributed by atoms with Crippen molar-refractivity contribution in [1.29, 1.82) is 0 Å². The van der Waals surface area contributed by atoms with E-state index in [1.165, 1.54) is 6.07 Å². The van der Waals surface area contributed by atoms with E-state index in [-0.39, 0.29) is 24.6 Å². The molecular weight excluding hydrogens is 658 g/mol. The molecule has 6 N–H and O–H groups in total. The summed E-state index contributed by atoms with van der Waals surface area (Å²) in [5.74, 6) is -1.61. The predicted molar refractivity (Wildman–Crippen MR) is 155 cm³/mol. The van der Waals surface area contributed by atoms with Crippen molar-refractivity contribution in [2.45, 2.75) is 6.54 Å². The summed E-state index contributed by atoms with van der Waals surface area (Å²) >= 11 is 3.35. The van der Waals surface area contributed by atoms with Crippen LogP contribution in [-0.4, -0.2) is 38.0 Å². The maximum Gasteiger partial charge on any atom is 0.524 e. The molecule has 0 aliphatic heterocycles. The number of carbonyl (C=O) groups excluding carboxylic acids is 2. The first-order chi connectivity index (χ1) is 19.7. The van der Waals surface area contributed by atoms with Crippen LogP contribution in [0.4, 0.5) is 5.69 Å². The Bertz CT molecular complexity index is 1720. The molecule has 2 amide bonds. The van der Waals surface area contributed by atoms with Crippen molar-refractivity contribution in [2.24, 2.45) is 0 Å². The first-order valence-electron chi connectivity index (χ1n) is 11.9. The van der Waals surface area contributed by atoms with Crippen LogP contribution in [0, 0.1) is 0 Å². The van der Waals surface area contributed by atoms with Gasteiger partial charge in [-0.1, -0.05) is 34.1 Å². The van der Waals surface area contributed by atoms with Crippen molar-refractivity contribution in [1.82, 2.24) is 5.32 Å². The number of phosphoric ester groups is 2. The summed E-state index contributed by atoms with van der Waals surface area (Å²) in [4.78, 5) is 61.1. The molecule has 0 spiro atoms. The van der Waals surface area contributed by atoms with Gasteiger partial charge in [-0.2, -0.15) is 0 Å². The van der Waals surface area contributed by atoms with E-state index in [2.05, 4.69) is 35.6 Å². The molecule has 0 aromatic heterocycles. The molecule has 0 unspecified atom stereocenters. The van der Waals surface area contributed by atoms with E-state index in [0.717, 1.165) is 27.4 Å². The van der Waals surface area contributed by atoms with E-state index >= 15 is 0 Å². The Labute approximate surface area is 247 Å². The molecule has 0 bridgehead atoms. The predicted octanol–water partition coefficient (Wildman–Crippen LogP) is 4.49. The number of ether oxygens (including phenoxy) is 1. The summed E-state index contributed by atoms with van der Waals surface area (Å²) in [6, 6.07) is 20.9. The standard InChI is InChI=1S/C26H23BrN2O11P2/c27-20-5-7-21(8-6-20)29-26(31)19-3-2-18-13-22(9-4-17(18)12-19)38-15-25(30)28-14-16-1-10-23(39-41(32,33)34)24(11-16)40-42(35,36)37/h1-13H,14-15H2,(H,28,30)(H,29,31)(H2,32,33,34)(H2,35,36,37). The molecule has 42 heavy (non-hydrogen) atoms. The zero-order chi connectivity index (χ0) is 30.5. The molecule has 16 heteroatoms. The van der Waals surface area contributed by atoms with Crippen LogP contribution >= 0.6 is 31.6 Å². The van der Waals surface area contributed by atoms with Crippen molar-refractivity contribution in [3.8, 4) is 17.2 Å². The van der Waals surface area contributed by atoms with E-state index in [1.54, 1.807) is 48.5 Å². The van der Waals surface area contributed by atoms with E-state index in [9.17, 15) is 18.7 Å². The number of phosphoric acid groups is 2. The highest BCUT2D eigenvalue weighted by molar-refractivity contribution is 9.10. The van der Waals surface area contributed by atoms with Gasteiger partial charge in [-0.3, -0.25) is 29.2 Å². The Hall–Kier alpha value is -3.74. The normalized spacial score (nSPS) is 11.5. The first-order valence-corrected chi connectivity index (χ1v) is 15.7. The maximum absolute atomic E-state index is 12.6. The second-order valence-electron chi connectivity index (χ2n) is 8.69. The summed E-state index contributed by atoms with van der Waals surface area (Å²) in [7, 11) is -10.1. The van der Waals surface area contributed by atoms with Gasteiger partial charge in [0, 0.05) is 22.3 Å². The lowest BCUT2D eigenvalue weighted by Crippen LogP contribution is -2.28. The lowest BCUT2D eigenvalue weighted by atomic mass is 10.1. The largest absolute Gasteiger partial charge is 0.524 e. The van der Waals surface area contributed by atoms with E-state index in [0.29, 0.717) is 17.0 Å². The van der Waals surface area contributed by atoms with Gasteiger partial charge >= 0.3 is 15.6 Å². The van der Waals surface area contributed by atoms with Gasteiger partial charge in [0.05, 0.1) is 0 Å². The summed E-state index contributed by atoms with van der Waals surface area (Å²) in [5.41, 5.74) is 1.41. The molecular formula is C26H23BrN2O11P2. The SMILES string of the molecule is O=C(COc1ccc2cc(C(=O)Nc3ccc(Br)cc3)ccc2c1)NCc1ccc(OP(=O)(O)O)c(OP(=O)(O)O)c1. The fourth-order valence-corrected chi connectivity index (χ4v) is 4.73. The topological polar surface area (TPSA) is 201 Å². The van der Waals surface area contributed by atoms with Gasteiger partial charge in [0.25, 0.3) is 11.8 Å². The average molecular weight is 681 g/mol. The fourth-order valence-electron chi connectivity index (χ4n) is 3.66. The van der Waals surface area contributed by atoms with Crippen molar-refractivity contribution >= 4 is 59.8 Å². The van der Waals surface area contributed by atoms with E-state index in [1.807, 2.05) is 12.1 Å². The van der Waals surface area contributed by atoms with Gasteiger partial charge in [0.2, 0.25) is 0 Å². The minimum Gasteiger partial charge on any atom is -0.484 e. The van der Waals surface area contributed by atoms with Crippen LogP contribution < -0.4 is 24.4 Å². The number of anilines is 1. The number of carbonyl (C=O) groups is 2. The van der Waals surface area contributed by atoms with Gasteiger partial charge in [-0.15, -0.1) is 0 Å². The Kier molecular flexibility index (Phi) is 9.70. The van der Waals surface area contributed by atoms with Gasteiger partial charge in [0.1, 0.15) is 5.75 Å². The third-order valence-electron chi connectivity index (χ3n) is 5.48. The number of amides is 2. The second-order valence-corrected chi connectivity index (χ2v) is 11.9. The summed E-state index contributed by atoms with van der Waals surface area (Å²) in [5, 5.41) is 6.95. The molecule has 0 fully saturated rings. The molecule has 13 nitrogen and oxygen atoms in total. The number of nitrogens with one attached hydrogen (secondary N) is 2. The summed E-state index contributed by atoms with van der Waals surface area (Å²) < 4.78 is 37.7. The quantitative estimate of drug-likeness (QED) is 0.122. The number of fused-ring (bicyclic) bond motifs is 1. The number of hydrogen-bond donors (Lipinski definition) is 6. The average Bonchev–Trinajstić information content (AvgIpc) is 2.91. The number of halogens is 1. The molecule has 220 valence electrons. The Morgan fingerprint density at radius 1 is 0.762 bits per heavy atom. The van der Waals surface area contributed by atoms with Crippen LogP contribution in [-0.2, 0) is 20.5 Å². The lowest BCUT2D eigenvalue weighted by Gasteiger charge is -2.15. The van der Waals surface area contributed by atoms with Gasteiger partial charge in [-0.25, -0.2) is 9.13 Å². The fraction of sp³-hybridized carbons (Fsp3) is 0.0769. The number of rotatable bonds is 11. The molecule has 4 aromatic carbocycles. The first kappa shape index (κ1) is 31.2. The third kappa shape index (κ3) is 9.40. The Morgan fingerprint density at radius 3 is 2.10 bits per heavy atom. The Morgan fingerprint density at radius 2 is 1.40 bits per heavy atom. The van der Waals surface area contributed by atoms with Crippen molar-refractivity contribution in [2.75, 3.05) is 11.9 Å². The van der Waals surface area contributed by atoms with Crippen LogP contribution in [0.15, 0.2) is 83.3 Å². The minimum absolute atomic E-state index is 0.126. The van der Waals surface area contributed by atoms with Crippen molar-refractivity contribution in [3.05, 3.63) is 94.5 Å². The number of hydrogen-bond acceptors (Lipinski definition) is 7. The molecule has 0 saturated carbocycles. The molecule has 4 aromatic rings. The number of benzene rings is 4. The van der Waals surface area contributed by atoms with E-state index < -0.39 is 33.1 Å². The smallest absolute Gasteiger partial charge is 0.484 e. The molecule has 4 rings (SSSR count). The maximum atomic E-state index is 12.6. The van der Waals surface area contributed by atoms with Gasteiger partial charge in [-0.05, 0) is 77.0 Å². The van der Waals surface area contributed by atoms with Crippen LogP contribution in [0.1, 0.15) is 15.9 Å². The van der Waals surface area contributed by atoms with Crippen molar-refractivity contribution < 1.29 is 52.1 Å². The van der Waals surface area contributed by atoms with Crippen LogP contribution in [0.25, 0.3) is 10.8 Å². The Balaban J connectivity index is 1.34. The summed E-state index contributed by atoms with van der Waals surface area (Å²) in [6.45, 7) is -0.483. The lowest BCUT2D eigenvalue weighted by molar-refractivity contribution is -0.123. The molecule has 0 radical (unpaired) electrons. The van der Waals surface area contributed by atoms with Gasteiger partial charge in [0.15, 0.2) is 18.1 Å². The summed E-state index contributed by atoms with van der Waals surface area (Å²) in [6.07, 6.45) is 0. The molecule has 0 saturated heterocycles. The third-order valence-corrected chi connectivity index (χ3v) is 6.88. The second kappa shape index (κ2) is 13.1. The van der Waals surface area contributed by atoms with Crippen LogP contribution in [0.3, 0.4) is 0 Å². The van der Waals surface area contributed by atoms with Crippen LogP contribution in [0.2, 0.25) is 0 Å². The highest BCUT2D eigenvalue weighted by atomic mass is 79.9. The van der Waals surface area contributed by atoms with Gasteiger partial charge < -0.3 is 24.4 Å². The highest BCUT2D eigenvalue weighted by Crippen LogP contribution is 2.47. The highest BCUT2D eigenvalue weighted by Gasteiger charge is 2.24. The molecule has 0 atom stereocenters. The van der Waals surface area contributed by atoms with Crippen molar-refractivity contribution in [3.63, 3.8) is 0 Å². The molecule has 0 aliphatic rings. The monoisotopic (exact) mass is 680 g/mol. The van der Waals surface area contributed by atoms with E-state index in [4.69, 9.17) is 24.3 Å². The molecule has 0 aliphatic carbocycles. The zero-order valence-electron chi connectivity index (χ0n) is 21.3. The van der Waals surface area contributed by atoms with Crippen LogP contribution in [0.5, 0.6) is 17.2 Å². The minimum atomic E-state index is -5.09. The zero-order valence-corrected chi connectivity index (χ0v) is 24.7.